The number of fused-ring (bicyclic) bond motifs is 1. The van der Waals surface area contributed by atoms with E-state index >= 15 is 0 Å². The highest BCUT2D eigenvalue weighted by Crippen LogP contribution is 2.31. The van der Waals surface area contributed by atoms with E-state index in [0.29, 0.717) is 0 Å². The van der Waals surface area contributed by atoms with Gasteiger partial charge >= 0.3 is 0 Å². The van der Waals surface area contributed by atoms with Crippen LogP contribution in [0.1, 0.15) is 23.1 Å². The van der Waals surface area contributed by atoms with Gasteiger partial charge in [-0.2, -0.15) is 0 Å². The summed E-state index contributed by atoms with van der Waals surface area (Å²) in [7, 11) is 0. The van der Waals surface area contributed by atoms with Crippen LogP contribution in [0.2, 0.25) is 0 Å². The molecular weight excluding hydrogens is 276 g/mol. The Morgan fingerprint density at radius 1 is 1.14 bits per heavy atom. The Hall–Kier alpha value is -1.10. The number of anilines is 1. The lowest BCUT2D eigenvalue weighted by atomic mass is 9.95. The fourth-order valence-corrected chi connectivity index (χ4v) is 3.73. The summed E-state index contributed by atoms with van der Waals surface area (Å²) in [5.41, 5.74) is 5.51. The van der Waals surface area contributed by atoms with Crippen molar-refractivity contribution in [3.05, 3.63) is 28.8 Å². The number of aryl methyl sites for hydroxylation is 2. The minimum Gasteiger partial charge on any atom is -0.390 e. The fraction of sp³-hybridized carbons (Fsp3) is 0.667. The van der Waals surface area contributed by atoms with Gasteiger partial charge in [-0.25, -0.2) is 0 Å². The van der Waals surface area contributed by atoms with Crippen molar-refractivity contribution in [2.45, 2.75) is 32.8 Å². The highest BCUT2D eigenvalue weighted by atomic mass is 16.5. The van der Waals surface area contributed by atoms with E-state index in [2.05, 4.69) is 35.8 Å². The lowest BCUT2D eigenvalue weighted by Gasteiger charge is -2.36. The number of nitrogens with zero attached hydrogens (tertiary/aromatic N) is 2. The van der Waals surface area contributed by atoms with Gasteiger partial charge in [0.1, 0.15) is 0 Å². The lowest BCUT2D eigenvalue weighted by molar-refractivity contribution is 0.0160. The van der Waals surface area contributed by atoms with Crippen molar-refractivity contribution < 1.29 is 9.84 Å². The first-order chi connectivity index (χ1) is 10.6. The standard InChI is InChI=1S/C18H28N2O2/c1-14-10-15(2)17-4-3-5-20(18(17)11-14)13-16(21)12-19-6-8-22-9-7-19/h10-11,16,21H,3-9,12-13H2,1-2H3. The monoisotopic (exact) mass is 304 g/mol. The Balaban J connectivity index is 1.66. The summed E-state index contributed by atoms with van der Waals surface area (Å²) in [4.78, 5) is 4.68. The van der Waals surface area contributed by atoms with Gasteiger partial charge in [0.05, 0.1) is 19.3 Å². The Labute approximate surface area is 133 Å². The van der Waals surface area contributed by atoms with Crippen LogP contribution in [0.15, 0.2) is 12.1 Å². The number of hydrogen-bond acceptors (Lipinski definition) is 4. The Morgan fingerprint density at radius 2 is 1.91 bits per heavy atom. The van der Waals surface area contributed by atoms with Gasteiger partial charge in [0.15, 0.2) is 0 Å². The van der Waals surface area contributed by atoms with Crippen LogP contribution in [0.25, 0.3) is 0 Å². The average Bonchev–Trinajstić information content (AvgIpc) is 2.49. The summed E-state index contributed by atoms with van der Waals surface area (Å²) < 4.78 is 5.37. The van der Waals surface area contributed by atoms with Crippen LogP contribution in [0, 0.1) is 13.8 Å². The highest BCUT2D eigenvalue weighted by molar-refractivity contribution is 5.60. The fourth-order valence-electron chi connectivity index (χ4n) is 3.73. The Morgan fingerprint density at radius 3 is 2.68 bits per heavy atom. The zero-order chi connectivity index (χ0) is 15.5. The summed E-state index contributed by atoms with van der Waals surface area (Å²) in [6.07, 6.45) is 2.04. The van der Waals surface area contributed by atoms with E-state index in [4.69, 9.17) is 4.74 Å². The van der Waals surface area contributed by atoms with E-state index in [0.717, 1.165) is 52.4 Å². The molecule has 0 amide bonds. The first-order valence-corrected chi connectivity index (χ1v) is 8.47. The minimum atomic E-state index is -0.301. The molecule has 0 aromatic heterocycles. The summed E-state index contributed by atoms with van der Waals surface area (Å²) in [6, 6.07) is 4.55. The Bertz CT molecular complexity index is 512. The minimum absolute atomic E-state index is 0.301. The molecule has 0 bridgehead atoms. The maximum atomic E-state index is 10.5. The van der Waals surface area contributed by atoms with Crippen molar-refractivity contribution in [3.8, 4) is 0 Å². The van der Waals surface area contributed by atoms with E-state index < -0.39 is 0 Å². The second kappa shape index (κ2) is 6.99. The van der Waals surface area contributed by atoms with Crippen molar-refractivity contribution in [2.24, 2.45) is 0 Å². The maximum absolute atomic E-state index is 10.5. The molecule has 0 saturated carbocycles. The molecule has 4 nitrogen and oxygen atoms in total. The van der Waals surface area contributed by atoms with Crippen LogP contribution < -0.4 is 4.90 Å². The number of β-amino-alcohol motifs (C(OH)–C–C–N with tert-alkyl or cyclic N) is 1. The largest absolute Gasteiger partial charge is 0.390 e. The van der Waals surface area contributed by atoms with Crippen LogP contribution in [0.3, 0.4) is 0 Å². The quantitative estimate of drug-likeness (QED) is 0.919. The SMILES string of the molecule is Cc1cc(C)c2c(c1)N(CC(O)CN1CCOCC1)CCC2. The number of morpholine rings is 1. The molecule has 0 spiro atoms. The molecule has 1 fully saturated rings. The molecule has 0 aliphatic carbocycles. The predicted octanol–water partition coefficient (Wildman–Crippen LogP) is 1.75. The molecule has 1 unspecified atom stereocenters. The Kier molecular flexibility index (Phi) is 5.01. The van der Waals surface area contributed by atoms with E-state index in [1.54, 1.807) is 0 Å². The topological polar surface area (TPSA) is 35.9 Å². The zero-order valence-electron chi connectivity index (χ0n) is 13.8. The number of benzene rings is 1. The van der Waals surface area contributed by atoms with Gasteiger partial charge in [0.2, 0.25) is 0 Å². The molecule has 2 heterocycles. The third-order valence-electron chi connectivity index (χ3n) is 4.79. The van der Waals surface area contributed by atoms with Crippen molar-refractivity contribution in [2.75, 3.05) is 50.8 Å². The van der Waals surface area contributed by atoms with E-state index in [9.17, 15) is 5.11 Å². The molecular formula is C18H28N2O2. The molecule has 122 valence electrons. The van der Waals surface area contributed by atoms with Crippen LogP contribution in [-0.4, -0.2) is 62.0 Å². The van der Waals surface area contributed by atoms with Crippen molar-refractivity contribution in [1.29, 1.82) is 0 Å². The first kappa shape index (κ1) is 15.8. The molecule has 3 rings (SSSR count). The van der Waals surface area contributed by atoms with Gasteiger partial charge in [-0.15, -0.1) is 0 Å². The number of aliphatic hydroxyl groups is 1. The summed E-state index contributed by atoms with van der Waals surface area (Å²) in [5, 5.41) is 10.5. The van der Waals surface area contributed by atoms with Crippen LogP contribution >= 0.6 is 0 Å². The molecule has 1 aromatic carbocycles. The normalized spacial score (nSPS) is 20.8. The molecule has 22 heavy (non-hydrogen) atoms. The molecule has 1 N–H and O–H groups in total. The third kappa shape index (κ3) is 3.62. The molecule has 2 aliphatic rings. The van der Waals surface area contributed by atoms with Gasteiger partial charge in [0.25, 0.3) is 0 Å². The van der Waals surface area contributed by atoms with Crippen LogP contribution in [0.5, 0.6) is 0 Å². The first-order valence-electron chi connectivity index (χ1n) is 8.47. The predicted molar refractivity (Wildman–Crippen MR) is 89.7 cm³/mol. The third-order valence-corrected chi connectivity index (χ3v) is 4.79. The van der Waals surface area contributed by atoms with Gasteiger partial charge in [-0.3, -0.25) is 4.90 Å². The van der Waals surface area contributed by atoms with Crippen molar-refractivity contribution in [3.63, 3.8) is 0 Å². The molecule has 1 atom stereocenters. The van der Waals surface area contributed by atoms with E-state index in [-0.39, 0.29) is 6.10 Å². The van der Waals surface area contributed by atoms with Gasteiger partial charge in [0, 0.05) is 38.4 Å². The maximum Gasteiger partial charge on any atom is 0.0841 e. The zero-order valence-corrected chi connectivity index (χ0v) is 13.8. The summed E-state index contributed by atoms with van der Waals surface area (Å²) in [6.45, 7) is 10.3. The van der Waals surface area contributed by atoms with E-state index in [1.165, 1.54) is 28.8 Å². The van der Waals surface area contributed by atoms with Crippen molar-refractivity contribution in [1.82, 2.24) is 4.90 Å². The average molecular weight is 304 g/mol. The summed E-state index contributed by atoms with van der Waals surface area (Å²) in [5.74, 6) is 0. The molecule has 4 heteroatoms. The van der Waals surface area contributed by atoms with Gasteiger partial charge < -0.3 is 14.7 Å². The molecule has 1 aromatic rings. The second-order valence-corrected chi connectivity index (χ2v) is 6.70. The van der Waals surface area contributed by atoms with Crippen LogP contribution in [-0.2, 0) is 11.2 Å². The van der Waals surface area contributed by atoms with E-state index in [1.807, 2.05) is 0 Å². The molecule has 1 saturated heterocycles. The summed E-state index contributed by atoms with van der Waals surface area (Å²) >= 11 is 0. The smallest absolute Gasteiger partial charge is 0.0841 e. The number of ether oxygens (including phenoxy) is 1. The van der Waals surface area contributed by atoms with Gasteiger partial charge in [-0.05, 0) is 49.4 Å². The lowest BCUT2D eigenvalue weighted by Crippen LogP contribution is -2.45. The number of rotatable bonds is 4. The number of hydrogen-bond donors (Lipinski definition) is 1. The van der Waals surface area contributed by atoms with Gasteiger partial charge in [-0.1, -0.05) is 6.07 Å². The van der Waals surface area contributed by atoms with Crippen molar-refractivity contribution >= 4 is 5.69 Å². The molecule has 0 radical (unpaired) electrons. The highest BCUT2D eigenvalue weighted by Gasteiger charge is 2.22. The number of aliphatic hydroxyl groups excluding tert-OH is 1. The molecule has 2 aliphatic heterocycles. The second-order valence-electron chi connectivity index (χ2n) is 6.70. The van der Waals surface area contributed by atoms with Crippen LogP contribution in [0.4, 0.5) is 5.69 Å².